The van der Waals surface area contributed by atoms with E-state index in [9.17, 15) is 8.78 Å². The largest absolute Gasteiger partial charge is 0.330 e. The topological polar surface area (TPSA) is 26.0 Å². The maximum Gasteiger partial charge on any atom is 0.126 e. The molecule has 0 radical (unpaired) electrons. The van der Waals surface area contributed by atoms with Crippen molar-refractivity contribution in [3.63, 3.8) is 0 Å². The van der Waals surface area contributed by atoms with E-state index in [0.29, 0.717) is 30.0 Å². The summed E-state index contributed by atoms with van der Waals surface area (Å²) in [6.07, 6.45) is 1.21. The first kappa shape index (κ1) is 14.9. The molecular formula is C16H16ClF2N. The summed E-state index contributed by atoms with van der Waals surface area (Å²) in [4.78, 5) is 0. The Bertz CT molecular complexity index is 566. The summed E-state index contributed by atoms with van der Waals surface area (Å²) in [6.45, 7) is 0.434. The second-order valence-electron chi connectivity index (χ2n) is 4.88. The van der Waals surface area contributed by atoms with Gasteiger partial charge < -0.3 is 5.73 Å². The van der Waals surface area contributed by atoms with Crippen molar-refractivity contribution in [2.75, 3.05) is 6.54 Å². The first-order chi connectivity index (χ1) is 9.58. The average molecular weight is 296 g/mol. The zero-order chi connectivity index (χ0) is 14.5. The SMILES string of the molecule is NCC(Cc1cc(F)cc(F)c1)Cc1ccccc1Cl. The van der Waals surface area contributed by atoms with Crippen LogP contribution in [0.2, 0.25) is 5.02 Å². The van der Waals surface area contributed by atoms with Crippen LogP contribution in [0.1, 0.15) is 11.1 Å². The molecule has 0 amide bonds. The summed E-state index contributed by atoms with van der Waals surface area (Å²) in [5.41, 5.74) is 7.38. The summed E-state index contributed by atoms with van der Waals surface area (Å²) < 4.78 is 26.4. The Morgan fingerprint density at radius 1 is 1.00 bits per heavy atom. The van der Waals surface area contributed by atoms with E-state index in [1.165, 1.54) is 12.1 Å². The zero-order valence-corrected chi connectivity index (χ0v) is 11.7. The lowest BCUT2D eigenvalue weighted by Gasteiger charge is -2.16. The average Bonchev–Trinajstić information content (AvgIpc) is 2.39. The van der Waals surface area contributed by atoms with E-state index in [0.717, 1.165) is 11.6 Å². The quantitative estimate of drug-likeness (QED) is 0.887. The number of halogens is 3. The molecule has 20 heavy (non-hydrogen) atoms. The van der Waals surface area contributed by atoms with Crippen molar-refractivity contribution in [3.05, 3.63) is 70.2 Å². The van der Waals surface area contributed by atoms with Gasteiger partial charge in [0.25, 0.3) is 0 Å². The van der Waals surface area contributed by atoms with Gasteiger partial charge in [-0.05, 0) is 54.6 Å². The Morgan fingerprint density at radius 3 is 2.25 bits per heavy atom. The van der Waals surface area contributed by atoms with E-state index in [4.69, 9.17) is 17.3 Å². The van der Waals surface area contributed by atoms with E-state index in [2.05, 4.69) is 0 Å². The van der Waals surface area contributed by atoms with Gasteiger partial charge in [0.15, 0.2) is 0 Å². The summed E-state index contributed by atoms with van der Waals surface area (Å²) in [5.74, 6) is -1.03. The molecule has 0 aliphatic rings. The molecule has 0 saturated heterocycles. The minimum Gasteiger partial charge on any atom is -0.330 e. The van der Waals surface area contributed by atoms with Crippen LogP contribution in [0.15, 0.2) is 42.5 Å². The van der Waals surface area contributed by atoms with Crippen molar-refractivity contribution in [2.24, 2.45) is 11.7 Å². The van der Waals surface area contributed by atoms with Gasteiger partial charge in [-0.3, -0.25) is 0 Å². The Morgan fingerprint density at radius 2 is 1.65 bits per heavy atom. The Labute approximate surface area is 122 Å². The monoisotopic (exact) mass is 295 g/mol. The lowest BCUT2D eigenvalue weighted by atomic mass is 9.92. The first-order valence-corrected chi connectivity index (χ1v) is 6.84. The maximum atomic E-state index is 13.2. The molecule has 0 saturated carbocycles. The van der Waals surface area contributed by atoms with Crippen molar-refractivity contribution >= 4 is 11.6 Å². The Balaban J connectivity index is 2.11. The fraction of sp³-hybridized carbons (Fsp3) is 0.250. The van der Waals surface area contributed by atoms with Gasteiger partial charge in [-0.25, -0.2) is 8.78 Å². The lowest BCUT2D eigenvalue weighted by Crippen LogP contribution is -2.19. The standard InChI is InChI=1S/C16H16ClF2N/c17-16-4-2-1-3-13(16)6-12(10-20)5-11-7-14(18)9-15(19)8-11/h1-4,7-9,12H,5-6,10,20H2. The molecule has 2 N–H and O–H groups in total. The zero-order valence-electron chi connectivity index (χ0n) is 11.0. The second kappa shape index (κ2) is 6.82. The Kier molecular flexibility index (Phi) is 5.10. The van der Waals surface area contributed by atoms with E-state index in [-0.39, 0.29) is 5.92 Å². The summed E-state index contributed by atoms with van der Waals surface area (Å²) in [6, 6.07) is 11.1. The second-order valence-corrected chi connectivity index (χ2v) is 5.29. The number of rotatable bonds is 5. The highest BCUT2D eigenvalue weighted by Crippen LogP contribution is 2.21. The normalized spacial score (nSPS) is 12.4. The number of hydrogen-bond acceptors (Lipinski definition) is 1. The predicted octanol–water partition coefficient (Wildman–Crippen LogP) is 3.98. The van der Waals surface area contributed by atoms with Gasteiger partial charge in [-0.2, -0.15) is 0 Å². The molecule has 0 aliphatic carbocycles. The van der Waals surface area contributed by atoms with Crippen molar-refractivity contribution < 1.29 is 8.78 Å². The van der Waals surface area contributed by atoms with Gasteiger partial charge in [-0.15, -0.1) is 0 Å². The third-order valence-electron chi connectivity index (χ3n) is 3.25. The molecular weight excluding hydrogens is 280 g/mol. The van der Waals surface area contributed by atoms with Crippen molar-refractivity contribution in [2.45, 2.75) is 12.8 Å². The van der Waals surface area contributed by atoms with Gasteiger partial charge in [0.2, 0.25) is 0 Å². The van der Waals surface area contributed by atoms with Crippen molar-refractivity contribution in [1.29, 1.82) is 0 Å². The van der Waals surface area contributed by atoms with E-state index in [1.807, 2.05) is 24.3 Å². The molecule has 0 fully saturated rings. The predicted molar refractivity (Wildman–Crippen MR) is 77.8 cm³/mol. The maximum absolute atomic E-state index is 13.2. The molecule has 2 aromatic rings. The first-order valence-electron chi connectivity index (χ1n) is 6.47. The van der Waals surface area contributed by atoms with Crippen LogP contribution in [-0.4, -0.2) is 6.54 Å². The number of hydrogen-bond donors (Lipinski definition) is 1. The fourth-order valence-electron chi connectivity index (χ4n) is 2.28. The molecule has 1 unspecified atom stereocenters. The lowest BCUT2D eigenvalue weighted by molar-refractivity contribution is 0.524. The van der Waals surface area contributed by atoms with Gasteiger partial charge in [0, 0.05) is 11.1 Å². The van der Waals surface area contributed by atoms with E-state index in [1.54, 1.807) is 0 Å². The minimum absolute atomic E-state index is 0.0936. The molecule has 106 valence electrons. The van der Waals surface area contributed by atoms with Crippen LogP contribution in [0.5, 0.6) is 0 Å². The molecule has 0 aliphatic heterocycles. The van der Waals surface area contributed by atoms with Crippen LogP contribution in [0.3, 0.4) is 0 Å². The molecule has 1 nitrogen and oxygen atoms in total. The third-order valence-corrected chi connectivity index (χ3v) is 3.62. The van der Waals surface area contributed by atoms with Crippen molar-refractivity contribution in [3.8, 4) is 0 Å². The highest BCUT2D eigenvalue weighted by atomic mass is 35.5. The van der Waals surface area contributed by atoms with Gasteiger partial charge in [0.1, 0.15) is 11.6 Å². The fourth-order valence-corrected chi connectivity index (χ4v) is 2.49. The van der Waals surface area contributed by atoms with Crippen LogP contribution >= 0.6 is 11.6 Å². The molecule has 0 heterocycles. The molecule has 4 heteroatoms. The smallest absolute Gasteiger partial charge is 0.126 e. The molecule has 0 aromatic heterocycles. The summed E-state index contributed by atoms with van der Waals surface area (Å²) in [5, 5.41) is 0.691. The molecule has 2 rings (SSSR count). The van der Waals surface area contributed by atoms with Crippen LogP contribution in [0.25, 0.3) is 0 Å². The molecule has 0 spiro atoms. The number of benzene rings is 2. The number of nitrogens with two attached hydrogens (primary N) is 1. The Hall–Kier alpha value is -1.45. The summed E-state index contributed by atoms with van der Waals surface area (Å²) >= 11 is 6.12. The molecule has 2 aromatic carbocycles. The molecule has 1 atom stereocenters. The highest BCUT2D eigenvalue weighted by molar-refractivity contribution is 6.31. The molecule has 0 bridgehead atoms. The third kappa shape index (κ3) is 4.02. The summed E-state index contributed by atoms with van der Waals surface area (Å²) in [7, 11) is 0. The van der Waals surface area contributed by atoms with Gasteiger partial charge in [0.05, 0.1) is 0 Å². The minimum atomic E-state index is -0.562. The van der Waals surface area contributed by atoms with Gasteiger partial charge >= 0.3 is 0 Å². The van der Waals surface area contributed by atoms with E-state index < -0.39 is 11.6 Å². The van der Waals surface area contributed by atoms with E-state index >= 15 is 0 Å². The highest BCUT2D eigenvalue weighted by Gasteiger charge is 2.12. The van der Waals surface area contributed by atoms with Crippen LogP contribution in [0.4, 0.5) is 8.78 Å². The van der Waals surface area contributed by atoms with Crippen LogP contribution < -0.4 is 5.73 Å². The van der Waals surface area contributed by atoms with Crippen LogP contribution in [0, 0.1) is 17.6 Å². The van der Waals surface area contributed by atoms with Crippen LogP contribution in [-0.2, 0) is 12.8 Å². The van der Waals surface area contributed by atoms with Gasteiger partial charge in [-0.1, -0.05) is 29.8 Å². The van der Waals surface area contributed by atoms with Crippen molar-refractivity contribution in [1.82, 2.24) is 0 Å².